The van der Waals surface area contributed by atoms with Crippen LogP contribution in [0.25, 0.3) is 0 Å². The first-order chi connectivity index (χ1) is 8.15. The Balaban J connectivity index is 0.00000162. The lowest BCUT2D eigenvalue weighted by Gasteiger charge is -1.99. The number of halogens is 2. The van der Waals surface area contributed by atoms with Crippen LogP contribution in [0.5, 0.6) is 0 Å². The molecule has 94 valence electrons. The fourth-order valence-corrected chi connectivity index (χ4v) is 1.61. The Morgan fingerprint density at radius 3 is 2.72 bits per heavy atom. The third-order valence-corrected chi connectivity index (χ3v) is 2.40. The van der Waals surface area contributed by atoms with Gasteiger partial charge in [-0.05, 0) is 18.2 Å². The number of hydrogen-bond acceptors (Lipinski definition) is 1. The molecule has 0 aliphatic heterocycles. The van der Waals surface area contributed by atoms with Crippen molar-refractivity contribution in [2.24, 2.45) is 5.73 Å². The predicted molar refractivity (Wildman–Crippen MR) is 60.7 cm³/mol. The van der Waals surface area contributed by atoms with Gasteiger partial charge >= 0.3 is 0 Å². The molecule has 3 nitrogen and oxygen atoms in total. The number of aromatic nitrogens is 1. The summed E-state index contributed by atoms with van der Waals surface area (Å²) in [4.78, 5) is 11.0. The predicted octanol–water partition coefficient (Wildman–Crippen LogP) is -1.74. The van der Waals surface area contributed by atoms with Crippen molar-refractivity contribution in [3.63, 3.8) is 0 Å². The number of hydrogen-bond donors (Lipinski definition) is 1. The van der Waals surface area contributed by atoms with Crippen molar-refractivity contribution in [1.82, 2.24) is 0 Å². The van der Waals surface area contributed by atoms with Crippen LogP contribution < -0.4 is 15.0 Å². The Morgan fingerprint density at radius 2 is 2.06 bits per heavy atom. The van der Waals surface area contributed by atoms with Crippen LogP contribution in [-0.2, 0) is 6.54 Å². The summed E-state index contributed by atoms with van der Waals surface area (Å²) in [6.07, 6.45) is 3.45. The molecule has 0 unspecified atom stereocenters. The number of pyridine rings is 1. The van der Waals surface area contributed by atoms with E-state index in [0.29, 0.717) is 12.1 Å². The highest BCUT2D eigenvalue weighted by molar-refractivity contribution is 5.92. The van der Waals surface area contributed by atoms with Crippen LogP contribution in [0.4, 0.5) is 4.39 Å². The summed E-state index contributed by atoms with van der Waals surface area (Å²) in [7, 11) is 0. The lowest BCUT2D eigenvalue weighted by atomic mass is 10.2. The van der Waals surface area contributed by atoms with E-state index < -0.39 is 5.91 Å². The average Bonchev–Trinajstić information content (AvgIpc) is 2.29. The Kier molecular flexibility index (Phi) is 4.48. The normalized spacial score (nSPS) is 9.61. The molecule has 2 aromatic rings. The molecule has 0 aliphatic rings. The van der Waals surface area contributed by atoms with E-state index in [1.807, 2.05) is 6.07 Å². The number of benzene rings is 1. The van der Waals surface area contributed by atoms with Crippen molar-refractivity contribution in [2.45, 2.75) is 6.54 Å². The van der Waals surface area contributed by atoms with Gasteiger partial charge < -0.3 is 10.4 Å². The summed E-state index contributed by atoms with van der Waals surface area (Å²) in [6.45, 7) is 0.499. The highest BCUT2D eigenvalue weighted by atomic mass is 19.1. The van der Waals surface area contributed by atoms with Gasteiger partial charge in [0.25, 0.3) is 5.91 Å². The van der Waals surface area contributed by atoms with E-state index in [0.717, 1.165) is 5.56 Å². The number of carbonyl (C=O) groups excluding carboxylic acids is 1. The topological polar surface area (TPSA) is 47.0 Å². The molecule has 0 spiro atoms. The third-order valence-electron chi connectivity index (χ3n) is 2.40. The van der Waals surface area contributed by atoms with E-state index in [1.165, 1.54) is 12.1 Å². The molecule has 0 saturated carbocycles. The van der Waals surface area contributed by atoms with E-state index in [-0.39, 0.29) is 10.5 Å². The van der Waals surface area contributed by atoms with Crippen molar-refractivity contribution in [3.8, 4) is 0 Å². The first-order valence-corrected chi connectivity index (χ1v) is 5.18. The first kappa shape index (κ1) is 13.8. The second-order valence-electron chi connectivity index (χ2n) is 3.76. The van der Waals surface area contributed by atoms with Crippen LogP contribution in [0, 0.1) is 5.82 Å². The molecule has 1 aromatic heterocycles. The van der Waals surface area contributed by atoms with Crippen LogP contribution in [0.2, 0.25) is 0 Å². The lowest BCUT2D eigenvalue weighted by molar-refractivity contribution is -0.688. The van der Waals surface area contributed by atoms with Crippen LogP contribution in [-0.4, -0.2) is 5.91 Å². The summed E-state index contributed by atoms with van der Waals surface area (Å²) >= 11 is 0. The van der Waals surface area contributed by atoms with Gasteiger partial charge in [-0.15, -0.1) is 0 Å². The quantitative estimate of drug-likeness (QED) is 0.646. The summed E-state index contributed by atoms with van der Waals surface area (Å²) in [5, 5.41) is 0. The highest BCUT2D eigenvalue weighted by Gasteiger charge is 2.08. The fraction of sp³-hybridized carbons (Fsp3) is 0.0769. The van der Waals surface area contributed by atoms with E-state index >= 15 is 0 Å². The van der Waals surface area contributed by atoms with Gasteiger partial charge in [-0.25, -0.2) is 4.39 Å². The van der Waals surface area contributed by atoms with E-state index in [2.05, 4.69) is 0 Å². The van der Waals surface area contributed by atoms with Crippen molar-refractivity contribution in [2.75, 3.05) is 0 Å². The first-order valence-electron chi connectivity index (χ1n) is 5.18. The molecular weight excluding hydrogens is 238 g/mol. The Bertz CT molecular complexity index is 558. The number of nitrogens with two attached hydrogens (primary N) is 1. The van der Waals surface area contributed by atoms with Crippen LogP contribution >= 0.6 is 0 Å². The maximum absolute atomic E-state index is 13.0. The van der Waals surface area contributed by atoms with Gasteiger partial charge in [0.2, 0.25) is 0 Å². The number of carbonyl (C=O) groups is 1. The minimum absolute atomic E-state index is 0. The molecule has 2 N–H and O–H groups in total. The van der Waals surface area contributed by atoms with Gasteiger partial charge in [0.15, 0.2) is 18.9 Å². The molecule has 1 aromatic carbocycles. The SMILES string of the molecule is NC(=O)c1ccc[n+](Cc2cccc(F)c2)c1.[F-]. The van der Waals surface area contributed by atoms with E-state index in [4.69, 9.17) is 5.73 Å². The van der Waals surface area contributed by atoms with E-state index in [9.17, 15) is 9.18 Å². The average molecular weight is 250 g/mol. The number of amides is 1. The molecule has 0 radical (unpaired) electrons. The molecule has 1 heterocycles. The summed E-state index contributed by atoms with van der Waals surface area (Å²) in [5.74, 6) is -0.743. The smallest absolute Gasteiger partial charge is 0.254 e. The van der Waals surface area contributed by atoms with Gasteiger partial charge in [-0.2, -0.15) is 4.57 Å². The van der Waals surface area contributed by atoms with Gasteiger partial charge in [-0.1, -0.05) is 12.1 Å². The van der Waals surface area contributed by atoms with Crippen LogP contribution in [0.15, 0.2) is 48.8 Å². The number of primary amides is 1. The zero-order chi connectivity index (χ0) is 12.3. The Morgan fingerprint density at radius 1 is 1.28 bits per heavy atom. The zero-order valence-corrected chi connectivity index (χ0v) is 9.51. The van der Waals surface area contributed by atoms with Crippen molar-refractivity contribution >= 4 is 5.91 Å². The van der Waals surface area contributed by atoms with Crippen LogP contribution in [0.1, 0.15) is 15.9 Å². The molecule has 1 amide bonds. The number of nitrogens with zero attached hydrogens (tertiary/aromatic N) is 1. The standard InChI is InChI=1S/C13H11FN2O.FH/c14-12-5-1-3-10(7-12)8-16-6-2-4-11(9-16)13(15)17;/h1-7,9H,8H2,(H-,15,17);1H. The van der Waals surface area contributed by atoms with Crippen molar-refractivity contribution < 1.29 is 18.5 Å². The molecular formula is C13H12F2N2O. The lowest BCUT2D eigenvalue weighted by Crippen LogP contribution is -3.00. The van der Waals surface area contributed by atoms with Gasteiger partial charge in [0.05, 0.1) is 0 Å². The summed E-state index contributed by atoms with van der Waals surface area (Å²) < 4.78 is 14.8. The van der Waals surface area contributed by atoms with Gasteiger partial charge in [0.1, 0.15) is 11.4 Å². The van der Waals surface area contributed by atoms with Gasteiger partial charge in [-0.3, -0.25) is 4.79 Å². The van der Waals surface area contributed by atoms with Gasteiger partial charge in [0, 0.05) is 11.6 Å². The maximum Gasteiger partial charge on any atom is 0.254 e. The highest BCUT2D eigenvalue weighted by Crippen LogP contribution is 2.03. The second kappa shape index (κ2) is 5.86. The zero-order valence-electron chi connectivity index (χ0n) is 9.51. The molecule has 2 rings (SSSR count). The second-order valence-corrected chi connectivity index (χ2v) is 3.76. The fourth-order valence-electron chi connectivity index (χ4n) is 1.61. The summed E-state index contributed by atoms with van der Waals surface area (Å²) in [6, 6.07) is 9.72. The van der Waals surface area contributed by atoms with Crippen molar-refractivity contribution in [3.05, 3.63) is 65.7 Å². The largest absolute Gasteiger partial charge is 1.00 e. The minimum atomic E-state index is -0.474. The van der Waals surface area contributed by atoms with Crippen molar-refractivity contribution in [1.29, 1.82) is 0 Å². The molecule has 0 bridgehead atoms. The molecule has 0 saturated heterocycles. The summed E-state index contributed by atoms with van der Waals surface area (Å²) in [5.41, 5.74) is 6.45. The number of rotatable bonds is 3. The molecule has 5 heteroatoms. The molecule has 0 fully saturated rings. The Hall–Kier alpha value is -2.30. The van der Waals surface area contributed by atoms with Crippen LogP contribution in [0.3, 0.4) is 0 Å². The molecule has 0 atom stereocenters. The monoisotopic (exact) mass is 250 g/mol. The maximum atomic E-state index is 13.0. The molecule has 0 aliphatic carbocycles. The Labute approximate surface area is 103 Å². The molecule has 18 heavy (non-hydrogen) atoms. The third kappa shape index (κ3) is 3.35. The minimum Gasteiger partial charge on any atom is -1.00 e. The van der Waals surface area contributed by atoms with E-state index in [1.54, 1.807) is 35.2 Å².